The van der Waals surface area contributed by atoms with Crippen LogP contribution in [0.15, 0.2) is 0 Å². The summed E-state index contributed by atoms with van der Waals surface area (Å²) in [7, 11) is 3.30. The molecule has 0 aromatic rings. The van der Waals surface area contributed by atoms with Crippen LogP contribution in [0, 0.1) is 0 Å². The summed E-state index contributed by atoms with van der Waals surface area (Å²) in [6.45, 7) is 4.23. The Morgan fingerprint density at radius 3 is 1.89 bits per heavy atom. The van der Waals surface area contributed by atoms with Crippen LogP contribution in [0.5, 0.6) is 0 Å². The van der Waals surface area contributed by atoms with Crippen molar-refractivity contribution < 1.29 is 9.31 Å². The highest BCUT2D eigenvalue weighted by Gasteiger charge is 2.21. The average molecular weight is 130 g/mol. The van der Waals surface area contributed by atoms with Gasteiger partial charge in [0.2, 0.25) is 0 Å². The number of rotatable bonds is 4. The van der Waals surface area contributed by atoms with Gasteiger partial charge in [0.15, 0.2) is 0 Å². The third kappa shape index (κ3) is 2.87. The Hall–Kier alpha value is -0.0151. The molecule has 0 aromatic heterocycles. The summed E-state index contributed by atoms with van der Waals surface area (Å²) in [5, 5.41) is 0. The van der Waals surface area contributed by atoms with Crippen LogP contribution in [0.3, 0.4) is 0 Å². The molecule has 9 heavy (non-hydrogen) atoms. The second kappa shape index (κ2) is 4.83. The van der Waals surface area contributed by atoms with Crippen LogP contribution in [0.4, 0.5) is 0 Å². The summed E-state index contributed by atoms with van der Waals surface area (Å²) < 4.78 is 10.1. The van der Waals surface area contributed by atoms with Gasteiger partial charge < -0.3 is 9.31 Å². The molecule has 0 bridgehead atoms. The van der Waals surface area contributed by atoms with Gasteiger partial charge in [0.05, 0.1) is 0 Å². The highest BCUT2D eigenvalue weighted by molar-refractivity contribution is 6.46. The minimum atomic E-state index is -0.0324. The molecule has 0 spiro atoms. The lowest BCUT2D eigenvalue weighted by atomic mass is 9.72. The minimum absolute atomic E-state index is 0.0324. The lowest BCUT2D eigenvalue weighted by molar-refractivity contribution is 0.266. The fraction of sp³-hybridized carbons (Fsp3) is 1.00. The summed E-state index contributed by atoms with van der Waals surface area (Å²) in [5.41, 5.74) is 0. The van der Waals surface area contributed by atoms with Gasteiger partial charge >= 0.3 is 7.12 Å². The third-order valence-corrected chi connectivity index (χ3v) is 1.57. The molecule has 1 atom stereocenters. The van der Waals surface area contributed by atoms with Gasteiger partial charge in [-0.25, -0.2) is 0 Å². The molecule has 3 heteroatoms. The van der Waals surface area contributed by atoms with Gasteiger partial charge in [-0.3, -0.25) is 0 Å². The molecule has 54 valence electrons. The van der Waals surface area contributed by atoms with Crippen molar-refractivity contribution in [3.8, 4) is 0 Å². The molecule has 0 aliphatic heterocycles. The van der Waals surface area contributed by atoms with Gasteiger partial charge in [0.25, 0.3) is 0 Å². The maximum atomic E-state index is 5.03. The van der Waals surface area contributed by atoms with Gasteiger partial charge in [-0.15, -0.1) is 0 Å². The van der Waals surface area contributed by atoms with Crippen molar-refractivity contribution in [2.24, 2.45) is 0 Å². The van der Waals surface area contributed by atoms with Crippen LogP contribution in [0.2, 0.25) is 5.82 Å². The molecule has 0 rings (SSSR count). The van der Waals surface area contributed by atoms with E-state index in [0.717, 1.165) is 6.42 Å². The Kier molecular flexibility index (Phi) is 4.82. The summed E-state index contributed by atoms with van der Waals surface area (Å²) in [6, 6.07) is 0. The number of hydrogen-bond acceptors (Lipinski definition) is 2. The van der Waals surface area contributed by atoms with E-state index in [1.165, 1.54) is 0 Å². The van der Waals surface area contributed by atoms with Crippen LogP contribution in [-0.4, -0.2) is 21.3 Å². The molecular formula is C6H15BO2. The van der Waals surface area contributed by atoms with E-state index in [2.05, 4.69) is 13.8 Å². The van der Waals surface area contributed by atoms with Crippen molar-refractivity contribution in [1.29, 1.82) is 0 Å². The largest absolute Gasteiger partial charge is 0.459 e. The third-order valence-electron chi connectivity index (χ3n) is 1.57. The molecule has 0 amide bonds. The molecule has 0 aliphatic carbocycles. The van der Waals surface area contributed by atoms with E-state index >= 15 is 0 Å². The first-order valence-corrected chi connectivity index (χ1v) is 3.31. The van der Waals surface area contributed by atoms with Crippen LogP contribution in [0.1, 0.15) is 20.3 Å². The summed E-state index contributed by atoms with van der Waals surface area (Å²) >= 11 is 0. The molecule has 0 radical (unpaired) electrons. The highest BCUT2D eigenvalue weighted by Crippen LogP contribution is 2.13. The predicted octanol–water partition coefficient (Wildman–Crippen LogP) is 1.57. The average Bonchev–Trinajstić information content (AvgIpc) is 1.90. The zero-order valence-corrected chi connectivity index (χ0v) is 6.68. The van der Waals surface area contributed by atoms with Crippen LogP contribution in [-0.2, 0) is 9.31 Å². The Morgan fingerprint density at radius 2 is 1.78 bits per heavy atom. The quantitative estimate of drug-likeness (QED) is 0.537. The van der Waals surface area contributed by atoms with E-state index < -0.39 is 0 Å². The van der Waals surface area contributed by atoms with Crippen molar-refractivity contribution in [1.82, 2.24) is 0 Å². The SMILES string of the molecule is CC[C@@H](C)B(OC)OC. The summed E-state index contributed by atoms with van der Waals surface area (Å²) in [4.78, 5) is 0. The van der Waals surface area contributed by atoms with Gasteiger partial charge in [-0.05, 0) is 5.82 Å². The van der Waals surface area contributed by atoms with Crippen molar-refractivity contribution in [3.05, 3.63) is 0 Å². The van der Waals surface area contributed by atoms with Crippen LogP contribution < -0.4 is 0 Å². The van der Waals surface area contributed by atoms with E-state index in [9.17, 15) is 0 Å². The fourth-order valence-electron chi connectivity index (χ4n) is 0.753. The Balaban J connectivity index is 3.50. The normalized spacial score (nSPS) is 13.3. The fourth-order valence-corrected chi connectivity index (χ4v) is 0.753. The van der Waals surface area contributed by atoms with E-state index in [1.54, 1.807) is 14.2 Å². The Bertz CT molecular complexity index is 64.1. The second-order valence-electron chi connectivity index (χ2n) is 2.23. The molecule has 0 aromatic carbocycles. The van der Waals surface area contributed by atoms with E-state index in [4.69, 9.17) is 9.31 Å². The zero-order chi connectivity index (χ0) is 7.28. The van der Waals surface area contributed by atoms with Gasteiger partial charge in [-0.1, -0.05) is 20.3 Å². The monoisotopic (exact) mass is 130 g/mol. The molecular weight excluding hydrogens is 115 g/mol. The van der Waals surface area contributed by atoms with Gasteiger partial charge in [0, 0.05) is 14.2 Å². The van der Waals surface area contributed by atoms with Crippen molar-refractivity contribution in [2.75, 3.05) is 14.2 Å². The first kappa shape index (κ1) is 8.98. The molecule has 0 saturated carbocycles. The molecule has 0 N–H and O–H groups in total. The lowest BCUT2D eigenvalue weighted by Crippen LogP contribution is -2.23. The standard InChI is InChI=1S/C6H15BO2/c1-5-6(2)7(8-3)9-4/h6H,5H2,1-4H3/t6-/m1/s1. The first-order chi connectivity index (χ1) is 4.26. The topological polar surface area (TPSA) is 18.5 Å². The summed E-state index contributed by atoms with van der Waals surface area (Å²) in [5.74, 6) is 0.486. The molecule has 0 heterocycles. The second-order valence-corrected chi connectivity index (χ2v) is 2.23. The number of hydrogen-bond donors (Lipinski definition) is 0. The summed E-state index contributed by atoms with van der Waals surface area (Å²) in [6.07, 6.45) is 1.09. The van der Waals surface area contributed by atoms with E-state index in [1.807, 2.05) is 0 Å². The molecule has 0 saturated heterocycles. The van der Waals surface area contributed by atoms with E-state index in [0.29, 0.717) is 5.82 Å². The lowest BCUT2D eigenvalue weighted by Gasteiger charge is -2.13. The smallest absolute Gasteiger partial charge is 0.414 e. The van der Waals surface area contributed by atoms with Crippen LogP contribution in [0.25, 0.3) is 0 Å². The predicted molar refractivity (Wildman–Crippen MR) is 39.5 cm³/mol. The Morgan fingerprint density at radius 1 is 1.33 bits per heavy atom. The van der Waals surface area contributed by atoms with Crippen molar-refractivity contribution >= 4 is 7.12 Å². The van der Waals surface area contributed by atoms with E-state index in [-0.39, 0.29) is 7.12 Å². The molecule has 2 nitrogen and oxygen atoms in total. The molecule has 0 aliphatic rings. The maximum Gasteiger partial charge on any atom is 0.459 e. The molecule has 0 unspecified atom stereocenters. The Labute approximate surface area is 57.7 Å². The zero-order valence-electron chi connectivity index (χ0n) is 6.68. The minimum Gasteiger partial charge on any atom is -0.414 e. The van der Waals surface area contributed by atoms with Crippen LogP contribution >= 0.6 is 0 Å². The van der Waals surface area contributed by atoms with Crippen molar-refractivity contribution in [3.63, 3.8) is 0 Å². The first-order valence-electron chi connectivity index (χ1n) is 3.31. The van der Waals surface area contributed by atoms with Crippen molar-refractivity contribution in [2.45, 2.75) is 26.1 Å². The van der Waals surface area contributed by atoms with Gasteiger partial charge in [0.1, 0.15) is 0 Å². The maximum absolute atomic E-state index is 5.03. The van der Waals surface area contributed by atoms with Gasteiger partial charge in [-0.2, -0.15) is 0 Å². The molecule has 0 fully saturated rings. The highest BCUT2D eigenvalue weighted by atomic mass is 16.6.